The predicted molar refractivity (Wildman–Crippen MR) is 63.2 cm³/mol. The molecule has 0 spiro atoms. The summed E-state index contributed by atoms with van der Waals surface area (Å²) in [6.07, 6.45) is -1.82. The topological polar surface area (TPSA) is 12.0 Å². The van der Waals surface area contributed by atoms with E-state index in [2.05, 4.69) is 5.32 Å². The molecule has 0 amide bonds. The monoisotopic (exact) mass is 283 g/mol. The third-order valence-corrected chi connectivity index (χ3v) is 3.01. The van der Waals surface area contributed by atoms with Crippen molar-refractivity contribution < 1.29 is 17.6 Å². The molecule has 1 aromatic rings. The minimum absolute atomic E-state index is 0. The molecule has 1 atom stereocenters. The Labute approximate surface area is 109 Å². The molecule has 0 aliphatic carbocycles. The van der Waals surface area contributed by atoms with Gasteiger partial charge in [0, 0.05) is 6.04 Å². The highest BCUT2D eigenvalue weighted by atomic mass is 35.5. The van der Waals surface area contributed by atoms with E-state index in [-0.39, 0.29) is 18.4 Å². The molecule has 18 heavy (non-hydrogen) atoms. The molecule has 1 aliphatic heterocycles. The van der Waals surface area contributed by atoms with Gasteiger partial charge >= 0.3 is 6.18 Å². The first-order valence-electron chi connectivity index (χ1n) is 5.58. The van der Waals surface area contributed by atoms with E-state index >= 15 is 0 Å². The largest absolute Gasteiger partial charge is 0.419 e. The van der Waals surface area contributed by atoms with Crippen LogP contribution in [0.5, 0.6) is 0 Å². The van der Waals surface area contributed by atoms with Crippen molar-refractivity contribution in [2.24, 2.45) is 0 Å². The predicted octanol–water partition coefficient (Wildman–Crippen LogP) is 4.08. The second-order valence-corrected chi connectivity index (χ2v) is 4.24. The van der Waals surface area contributed by atoms with E-state index < -0.39 is 17.6 Å². The Morgan fingerprint density at radius 1 is 1.17 bits per heavy atom. The zero-order chi connectivity index (χ0) is 12.5. The quantitative estimate of drug-likeness (QED) is 0.766. The van der Waals surface area contributed by atoms with Gasteiger partial charge in [0.2, 0.25) is 0 Å². The third-order valence-electron chi connectivity index (χ3n) is 3.01. The SMILES string of the molecule is Cl.Fc1ccc([C@H]2CCCCN2)cc1C(F)(F)F. The van der Waals surface area contributed by atoms with E-state index in [0.29, 0.717) is 5.56 Å². The second-order valence-electron chi connectivity index (χ2n) is 4.24. The van der Waals surface area contributed by atoms with Gasteiger partial charge in [-0.2, -0.15) is 13.2 Å². The lowest BCUT2D eigenvalue weighted by Crippen LogP contribution is -2.27. The summed E-state index contributed by atoms with van der Waals surface area (Å²) in [5.74, 6) is -1.21. The van der Waals surface area contributed by atoms with Crippen molar-refractivity contribution in [1.29, 1.82) is 0 Å². The number of rotatable bonds is 1. The third kappa shape index (κ3) is 3.36. The van der Waals surface area contributed by atoms with Crippen molar-refractivity contribution in [1.82, 2.24) is 5.32 Å². The Bertz CT molecular complexity index is 400. The van der Waals surface area contributed by atoms with Crippen molar-refractivity contribution in [3.8, 4) is 0 Å². The van der Waals surface area contributed by atoms with Crippen molar-refractivity contribution in [2.75, 3.05) is 6.54 Å². The van der Waals surface area contributed by atoms with Crippen LogP contribution in [0.2, 0.25) is 0 Å². The highest BCUT2D eigenvalue weighted by Gasteiger charge is 2.34. The van der Waals surface area contributed by atoms with E-state index in [1.54, 1.807) is 0 Å². The lowest BCUT2D eigenvalue weighted by atomic mass is 9.96. The fourth-order valence-electron chi connectivity index (χ4n) is 2.11. The zero-order valence-electron chi connectivity index (χ0n) is 9.56. The molecular formula is C12H14ClF4N. The van der Waals surface area contributed by atoms with E-state index in [4.69, 9.17) is 0 Å². The van der Waals surface area contributed by atoms with Gasteiger partial charge in [-0.05, 0) is 37.1 Å². The van der Waals surface area contributed by atoms with Gasteiger partial charge in [-0.3, -0.25) is 0 Å². The van der Waals surface area contributed by atoms with Gasteiger partial charge in [0.15, 0.2) is 0 Å². The molecule has 1 fully saturated rings. The molecule has 0 saturated carbocycles. The number of benzene rings is 1. The maximum Gasteiger partial charge on any atom is 0.419 e. The van der Waals surface area contributed by atoms with Crippen LogP contribution in [-0.4, -0.2) is 6.54 Å². The zero-order valence-corrected chi connectivity index (χ0v) is 10.4. The molecule has 2 rings (SSSR count). The van der Waals surface area contributed by atoms with Crippen molar-refractivity contribution in [2.45, 2.75) is 31.5 Å². The summed E-state index contributed by atoms with van der Waals surface area (Å²) in [6, 6.07) is 3.14. The van der Waals surface area contributed by atoms with Gasteiger partial charge in [-0.25, -0.2) is 4.39 Å². The maximum absolute atomic E-state index is 13.1. The highest BCUT2D eigenvalue weighted by Crippen LogP contribution is 2.34. The fraction of sp³-hybridized carbons (Fsp3) is 0.500. The molecule has 6 heteroatoms. The van der Waals surface area contributed by atoms with Gasteiger partial charge in [0.05, 0.1) is 5.56 Å². The van der Waals surface area contributed by atoms with E-state index in [9.17, 15) is 17.6 Å². The molecule has 1 aliphatic rings. The average Bonchev–Trinajstić information content (AvgIpc) is 2.29. The first kappa shape index (κ1) is 15.2. The lowest BCUT2D eigenvalue weighted by molar-refractivity contribution is -0.140. The highest BCUT2D eigenvalue weighted by molar-refractivity contribution is 5.85. The van der Waals surface area contributed by atoms with Crippen LogP contribution in [0.1, 0.15) is 36.4 Å². The van der Waals surface area contributed by atoms with Crippen LogP contribution in [0.3, 0.4) is 0 Å². The van der Waals surface area contributed by atoms with Crippen molar-refractivity contribution in [3.63, 3.8) is 0 Å². The van der Waals surface area contributed by atoms with Crippen LogP contribution >= 0.6 is 12.4 Å². The molecule has 0 bridgehead atoms. The molecule has 1 saturated heterocycles. The molecule has 0 radical (unpaired) electrons. The Balaban J connectivity index is 0.00000162. The summed E-state index contributed by atoms with van der Waals surface area (Å²) < 4.78 is 50.7. The molecule has 102 valence electrons. The minimum atomic E-state index is -4.63. The van der Waals surface area contributed by atoms with Crippen LogP contribution in [-0.2, 0) is 6.18 Å². The standard InChI is InChI=1S/C12H13F4N.ClH/c13-10-5-4-8(7-9(10)12(14,15)16)11-3-1-2-6-17-11;/h4-5,7,11,17H,1-3,6H2;1H/t11-;/m1./s1. The average molecular weight is 284 g/mol. The molecule has 0 aromatic heterocycles. The molecule has 1 heterocycles. The summed E-state index contributed by atoms with van der Waals surface area (Å²) >= 11 is 0. The molecule has 1 nitrogen and oxygen atoms in total. The van der Waals surface area contributed by atoms with Crippen LogP contribution in [0.4, 0.5) is 17.6 Å². The van der Waals surface area contributed by atoms with Gasteiger partial charge in [-0.15, -0.1) is 12.4 Å². The Kier molecular flexibility index (Phi) is 4.99. The smallest absolute Gasteiger partial charge is 0.310 e. The first-order valence-corrected chi connectivity index (χ1v) is 5.58. The number of alkyl halides is 3. The number of halogens is 5. The summed E-state index contributed by atoms with van der Waals surface area (Å²) in [5, 5.41) is 3.14. The van der Waals surface area contributed by atoms with Gasteiger partial charge < -0.3 is 5.32 Å². The van der Waals surface area contributed by atoms with Crippen molar-refractivity contribution in [3.05, 3.63) is 35.1 Å². The van der Waals surface area contributed by atoms with Crippen LogP contribution in [0, 0.1) is 5.82 Å². The second kappa shape index (κ2) is 5.89. The Morgan fingerprint density at radius 2 is 1.89 bits per heavy atom. The van der Waals surface area contributed by atoms with Crippen LogP contribution < -0.4 is 5.32 Å². The minimum Gasteiger partial charge on any atom is -0.310 e. The lowest BCUT2D eigenvalue weighted by Gasteiger charge is -2.24. The van der Waals surface area contributed by atoms with Gasteiger partial charge in [0.25, 0.3) is 0 Å². The fourth-order valence-corrected chi connectivity index (χ4v) is 2.11. The normalized spacial score (nSPS) is 20.3. The summed E-state index contributed by atoms with van der Waals surface area (Å²) in [5.41, 5.74) is -0.666. The van der Waals surface area contributed by atoms with Crippen LogP contribution in [0.15, 0.2) is 18.2 Å². The Hall–Kier alpha value is -0.810. The summed E-state index contributed by atoms with van der Waals surface area (Å²) in [6.45, 7) is 0.795. The number of piperidine rings is 1. The van der Waals surface area contributed by atoms with Crippen molar-refractivity contribution >= 4 is 12.4 Å². The van der Waals surface area contributed by atoms with E-state index in [0.717, 1.165) is 37.9 Å². The first-order chi connectivity index (χ1) is 7.98. The van der Waals surface area contributed by atoms with E-state index in [1.165, 1.54) is 6.07 Å². The van der Waals surface area contributed by atoms with Gasteiger partial charge in [0.1, 0.15) is 5.82 Å². The maximum atomic E-state index is 13.1. The number of nitrogens with one attached hydrogen (secondary N) is 1. The molecular weight excluding hydrogens is 270 g/mol. The Morgan fingerprint density at radius 3 is 2.44 bits per heavy atom. The molecule has 1 aromatic carbocycles. The van der Waals surface area contributed by atoms with E-state index in [1.807, 2.05) is 0 Å². The summed E-state index contributed by atoms with van der Waals surface area (Å²) in [7, 11) is 0. The molecule has 0 unspecified atom stereocenters. The van der Waals surface area contributed by atoms with Gasteiger partial charge in [-0.1, -0.05) is 12.5 Å². The number of hydrogen-bond acceptors (Lipinski definition) is 1. The molecule has 1 N–H and O–H groups in total. The summed E-state index contributed by atoms with van der Waals surface area (Å²) in [4.78, 5) is 0. The van der Waals surface area contributed by atoms with Crippen LogP contribution in [0.25, 0.3) is 0 Å². The number of hydrogen-bond donors (Lipinski definition) is 1.